The third kappa shape index (κ3) is 7.05. The Morgan fingerprint density at radius 3 is 2.56 bits per heavy atom. The number of nitrogens with one attached hydrogen (secondary N) is 1. The maximum absolute atomic E-state index is 13.3. The van der Waals surface area contributed by atoms with Crippen LogP contribution in [0.2, 0.25) is 5.02 Å². The Hall–Kier alpha value is -2.94. The van der Waals surface area contributed by atoms with Crippen LogP contribution < -0.4 is 5.73 Å². The number of carbonyl (C=O) groups is 1. The molecular formula is C22H25ClF3N5O. The predicted octanol–water partition coefficient (Wildman–Crippen LogP) is 5.09. The largest absolute Gasteiger partial charge is 0.416 e. The second-order valence-electron chi connectivity index (χ2n) is 7.32. The Kier molecular flexibility index (Phi) is 8.77. The molecular weight excluding hydrogens is 443 g/mol. The molecule has 1 aliphatic rings. The Labute approximate surface area is 189 Å². The molecule has 1 amide bonds. The number of amidine groups is 1. The number of nitrogens with two attached hydrogens (primary N) is 1. The molecule has 32 heavy (non-hydrogen) atoms. The molecule has 0 spiro atoms. The van der Waals surface area contributed by atoms with E-state index in [1.165, 1.54) is 23.2 Å². The van der Waals surface area contributed by atoms with Crippen molar-refractivity contribution in [1.29, 1.82) is 5.41 Å². The van der Waals surface area contributed by atoms with Crippen LogP contribution in [0.25, 0.3) is 0 Å². The average molecular weight is 468 g/mol. The highest BCUT2D eigenvalue weighted by atomic mass is 35.5. The lowest BCUT2D eigenvalue weighted by molar-refractivity contribution is -0.137. The van der Waals surface area contributed by atoms with Crippen molar-refractivity contribution in [3.63, 3.8) is 0 Å². The summed E-state index contributed by atoms with van der Waals surface area (Å²) in [6.45, 7) is 3.78. The number of nitrogens with zero attached hydrogens (tertiary/aromatic N) is 3. The number of aliphatic imine (C=N–C) groups is 2. The van der Waals surface area contributed by atoms with Crippen molar-refractivity contribution in [2.45, 2.75) is 38.9 Å². The fraction of sp³-hybridized carbons (Fsp3) is 0.364. The molecule has 0 heterocycles. The summed E-state index contributed by atoms with van der Waals surface area (Å²) in [7, 11) is 0. The highest BCUT2D eigenvalue weighted by molar-refractivity contribution is 6.31. The van der Waals surface area contributed by atoms with Gasteiger partial charge >= 0.3 is 6.18 Å². The van der Waals surface area contributed by atoms with Gasteiger partial charge in [-0.2, -0.15) is 13.2 Å². The minimum Gasteiger partial charge on any atom is -0.405 e. The SMILES string of the molecule is C/C=C\C(C=CN)=NC(=NC=N)C(C)N(CC1CC1)C(=O)c1cc(Cl)cc(C(F)(F)F)c1. The second kappa shape index (κ2) is 11.1. The van der Waals surface area contributed by atoms with Gasteiger partial charge in [0.2, 0.25) is 0 Å². The predicted molar refractivity (Wildman–Crippen MR) is 121 cm³/mol. The maximum atomic E-state index is 13.3. The summed E-state index contributed by atoms with van der Waals surface area (Å²) in [4.78, 5) is 23.1. The number of alkyl halides is 3. The molecule has 3 N–H and O–H groups in total. The zero-order chi connectivity index (χ0) is 23.9. The van der Waals surface area contributed by atoms with Crippen LogP contribution in [-0.4, -0.2) is 41.3 Å². The molecule has 1 unspecified atom stereocenters. The van der Waals surface area contributed by atoms with Gasteiger partial charge in [-0.3, -0.25) is 10.2 Å². The molecule has 1 aromatic rings. The molecule has 172 valence electrons. The van der Waals surface area contributed by atoms with E-state index in [0.29, 0.717) is 12.3 Å². The number of benzene rings is 1. The van der Waals surface area contributed by atoms with Crippen LogP contribution in [0.4, 0.5) is 13.2 Å². The van der Waals surface area contributed by atoms with Gasteiger partial charge in [0.1, 0.15) is 6.34 Å². The van der Waals surface area contributed by atoms with E-state index in [1.54, 1.807) is 26.0 Å². The first-order valence-electron chi connectivity index (χ1n) is 9.95. The summed E-state index contributed by atoms with van der Waals surface area (Å²) in [6.07, 6.45) is 4.24. The van der Waals surface area contributed by atoms with Gasteiger partial charge in [-0.1, -0.05) is 17.7 Å². The van der Waals surface area contributed by atoms with Crippen molar-refractivity contribution in [2.24, 2.45) is 21.6 Å². The summed E-state index contributed by atoms with van der Waals surface area (Å²) >= 11 is 5.88. The van der Waals surface area contributed by atoms with Gasteiger partial charge in [-0.25, -0.2) is 9.98 Å². The van der Waals surface area contributed by atoms with E-state index in [9.17, 15) is 18.0 Å². The average Bonchev–Trinajstić information content (AvgIpc) is 3.54. The number of halogens is 4. The van der Waals surface area contributed by atoms with E-state index in [0.717, 1.165) is 31.3 Å². The van der Waals surface area contributed by atoms with Crippen LogP contribution in [0.5, 0.6) is 0 Å². The van der Waals surface area contributed by atoms with Crippen molar-refractivity contribution in [1.82, 2.24) is 4.90 Å². The first-order chi connectivity index (χ1) is 15.1. The van der Waals surface area contributed by atoms with Gasteiger partial charge in [-0.05, 0) is 69.2 Å². The van der Waals surface area contributed by atoms with E-state index >= 15 is 0 Å². The Balaban J connectivity index is 2.49. The van der Waals surface area contributed by atoms with Crippen LogP contribution >= 0.6 is 11.6 Å². The normalized spacial score (nSPS) is 16.6. The molecule has 1 aromatic carbocycles. The van der Waals surface area contributed by atoms with E-state index in [4.69, 9.17) is 22.7 Å². The number of allylic oxidation sites excluding steroid dienone is 3. The lowest BCUT2D eigenvalue weighted by Gasteiger charge is -2.29. The molecule has 0 radical (unpaired) electrons. The Morgan fingerprint density at radius 2 is 2.03 bits per heavy atom. The molecule has 1 saturated carbocycles. The molecule has 10 heteroatoms. The zero-order valence-electron chi connectivity index (χ0n) is 17.7. The van der Waals surface area contributed by atoms with Crippen molar-refractivity contribution in [2.75, 3.05) is 6.54 Å². The summed E-state index contributed by atoms with van der Waals surface area (Å²) < 4.78 is 39.7. The summed E-state index contributed by atoms with van der Waals surface area (Å²) in [6, 6.07) is 2.07. The van der Waals surface area contributed by atoms with Crippen molar-refractivity contribution in [3.05, 3.63) is 58.8 Å². The topological polar surface area (TPSA) is 94.9 Å². The smallest absolute Gasteiger partial charge is 0.405 e. The van der Waals surface area contributed by atoms with Crippen LogP contribution in [0.1, 0.15) is 42.6 Å². The summed E-state index contributed by atoms with van der Waals surface area (Å²) in [5.41, 5.74) is 4.73. The fourth-order valence-corrected chi connectivity index (χ4v) is 3.24. The van der Waals surface area contributed by atoms with Gasteiger partial charge in [0.05, 0.1) is 17.3 Å². The highest BCUT2D eigenvalue weighted by Crippen LogP contribution is 2.34. The molecule has 0 aromatic heterocycles. The monoisotopic (exact) mass is 467 g/mol. The third-order valence-electron chi connectivity index (χ3n) is 4.77. The molecule has 6 nitrogen and oxygen atoms in total. The van der Waals surface area contributed by atoms with Crippen molar-refractivity contribution >= 4 is 35.4 Å². The molecule has 1 atom stereocenters. The molecule has 1 aliphatic carbocycles. The number of rotatable bonds is 8. The van der Waals surface area contributed by atoms with Gasteiger partial charge in [0, 0.05) is 17.1 Å². The Morgan fingerprint density at radius 1 is 1.34 bits per heavy atom. The van der Waals surface area contributed by atoms with Crippen LogP contribution in [0.15, 0.2) is 52.6 Å². The lowest BCUT2D eigenvalue weighted by atomic mass is 10.1. The third-order valence-corrected chi connectivity index (χ3v) is 4.99. The quantitative estimate of drug-likeness (QED) is 0.411. The lowest BCUT2D eigenvalue weighted by Crippen LogP contribution is -2.44. The van der Waals surface area contributed by atoms with Gasteiger partial charge in [0.25, 0.3) is 5.91 Å². The number of hydrogen-bond acceptors (Lipinski definition) is 3. The van der Waals surface area contributed by atoms with E-state index < -0.39 is 23.7 Å². The molecule has 1 fully saturated rings. The van der Waals surface area contributed by atoms with Gasteiger partial charge in [-0.15, -0.1) is 0 Å². The first kappa shape index (κ1) is 25.3. The van der Waals surface area contributed by atoms with Crippen molar-refractivity contribution in [3.8, 4) is 0 Å². The van der Waals surface area contributed by atoms with Crippen LogP contribution in [0, 0.1) is 11.3 Å². The molecule has 0 aliphatic heterocycles. The minimum atomic E-state index is -4.64. The molecule has 0 bridgehead atoms. The standard InChI is InChI=1S/C22H25ClF3N5O/c1-3-4-19(7-8-27)30-20(29-13-28)14(2)31(12-15-5-6-15)21(32)16-9-17(22(24,25)26)11-18(23)10-16/h3-4,7-11,13-15,28H,5-6,12,27H2,1-2H3/b4-3-,8-7?,28-13?,29-20?,30-19?. The number of carbonyl (C=O) groups excluding carboxylic acids is 1. The van der Waals surface area contributed by atoms with Gasteiger partial charge in [0.15, 0.2) is 5.84 Å². The fourth-order valence-electron chi connectivity index (χ4n) is 3.01. The van der Waals surface area contributed by atoms with E-state index in [-0.39, 0.29) is 22.3 Å². The number of amides is 1. The van der Waals surface area contributed by atoms with E-state index in [1.807, 2.05) is 0 Å². The minimum absolute atomic E-state index is 0.151. The Bertz CT molecular complexity index is 951. The first-order valence-corrected chi connectivity index (χ1v) is 10.3. The van der Waals surface area contributed by atoms with Crippen molar-refractivity contribution < 1.29 is 18.0 Å². The summed E-state index contributed by atoms with van der Waals surface area (Å²) in [5, 5.41) is 7.19. The second-order valence-corrected chi connectivity index (χ2v) is 7.75. The highest BCUT2D eigenvalue weighted by Gasteiger charge is 2.35. The van der Waals surface area contributed by atoms with Gasteiger partial charge < -0.3 is 10.6 Å². The zero-order valence-corrected chi connectivity index (χ0v) is 18.5. The van der Waals surface area contributed by atoms with Crippen LogP contribution in [-0.2, 0) is 6.18 Å². The summed E-state index contributed by atoms with van der Waals surface area (Å²) in [5.74, 6) is -0.225. The van der Waals surface area contributed by atoms with Crippen LogP contribution in [0.3, 0.4) is 0 Å². The molecule has 0 saturated heterocycles. The van der Waals surface area contributed by atoms with E-state index in [2.05, 4.69) is 9.98 Å². The number of hydrogen-bond donors (Lipinski definition) is 2. The maximum Gasteiger partial charge on any atom is 0.416 e. The molecule has 2 rings (SSSR count).